The predicted octanol–water partition coefficient (Wildman–Crippen LogP) is 4.37. The van der Waals surface area contributed by atoms with Crippen LogP contribution in [0.15, 0.2) is 36.4 Å². The van der Waals surface area contributed by atoms with Crippen molar-refractivity contribution in [2.24, 2.45) is 0 Å². The van der Waals surface area contributed by atoms with Crippen molar-refractivity contribution in [2.45, 2.75) is 33.6 Å². The van der Waals surface area contributed by atoms with Crippen molar-refractivity contribution in [3.05, 3.63) is 58.7 Å². The molecule has 0 saturated carbocycles. The number of hydrogen-bond donors (Lipinski definition) is 0. The average Bonchev–Trinajstić information content (AvgIpc) is 3.14. The van der Waals surface area contributed by atoms with Crippen LogP contribution in [0.4, 0.5) is 5.13 Å². The first-order valence-corrected chi connectivity index (χ1v) is 10.8. The van der Waals surface area contributed by atoms with E-state index in [2.05, 4.69) is 62.1 Å². The fourth-order valence-corrected chi connectivity index (χ4v) is 4.95. The molecule has 2 aromatic carbocycles. The third kappa shape index (κ3) is 3.76. The molecule has 5 heteroatoms. The summed E-state index contributed by atoms with van der Waals surface area (Å²) in [6, 6.07) is 12.8. The molecule has 1 fully saturated rings. The van der Waals surface area contributed by atoms with Crippen molar-refractivity contribution < 1.29 is 4.79 Å². The number of para-hydroxylation sites is 1. The summed E-state index contributed by atoms with van der Waals surface area (Å²) < 4.78 is 1.25. The first-order chi connectivity index (χ1) is 13.5. The Morgan fingerprint density at radius 3 is 2.57 bits per heavy atom. The van der Waals surface area contributed by atoms with Crippen LogP contribution in [0.2, 0.25) is 0 Å². The number of hydrogen-bond acceptors (Lipinski definition) is 4. The molecule has 0 aliphatic carbocycles. The number of fused-ring (bicyclic) bond motifs is 1. The molecule has 0 bridgehead atoms. The number of benzene rings is 2. The molecule has 0 atom stereocenters. The van der Waals surface area contributed by atoms with Crippen molar-refractivity contribution >= 4 is 32.6 Å². The lowest BCUT2D eigenvalue weighted by molar-refractivity contribution is -0.130. The Balaban J connectivity index is 1.41. The van der Waals surface area contributed by atoms with E-state index in [1.807, 2.05) is 4.90 Å². The molecule has 0 radical (unpaired) electrons. The highest BCUT2D eigenvalue weighted by molar-refractivity contribution is 7.22. The summed E-state index contributed by atoms with van der Waals surface area (Å²) in [7, 11) is 0. The van der Waals surface area contributed by atoms with Gasteiger partial charge >= 0.3 is 0 Å². The molecule has 0 unspecified atom stereocenters. The predicted molar refractivity (Wildman–Crippen MR) is 117 cm³/mol. The summed E-state index contributed by atoms with van der Waals surface area (Å²) in [5.41, 5.74) is 6.02. The monoisotopic (exact) mass is 393 g/mol. The number of anilines is 1. The Morgan fingerprint density at radius 2 is 1.86 bits per heavy atom. The quantitative estimate of drug-likeness (QED) is 0.660. The fraction of sp³-hybridized carbons (Fsp3) is 0.391. The van der Waals surface area contributed by atoms with E-state index in [1.165, 1.54) is 21.4 Å². The highest BCUT2D eigenvalue weighted by atomic mass is 32.1. The number of rotatable bonds is 4. The second-order valence-corrected chi connectivity index (χ2v) is 8.60. The van der Waals surface area contributed by atoms with Crippen LogP contribution in [0, 0.1) is 13.8 Å². The summed E-state index contributed by atoms with van der Waals surface area (Å²) in [6.07, 6.45) is 1.49. The second kappa shape index (κ2) is 7.92. The summed E-state index contributed by atoms with van der Waals surface area (Å²) in [5, 5.41) is 1.08. The van der Waals surface area contributed by atoms with Gasteiger partial charge in [0.1, 0.15) is 0 Å². The zero-order valence-electron chi connectivity index (χ0n) is 16.9. The fourth-order valence-electron chi connectivity index (χ4n) is 3.88. The van der Waals surface area contributed by atoms with E-state index in [9.17, 15) is 4.79 Å². The van der Waals surface area contributed by atoms with Gasteiger partial charge in [-0.15, -0.1) is 0 Å². The topological polar surface area (TPSA) is 36.4 Å². The zero-order valence-corrected chi connectivity index (χ0v) is 17.7. The van der Waals surface area contributed by atoms with Crippen molar-refractivity contribution in [3.63, 3.8) is 0 Å². The van der Waals surface area contributed by atoms with Gasteiger partial charge in [0.15, 0.2) is 5.13 Å². The Bertz CT molecular complexity index is 1000. The van der Waals surface area contributed by atoms with Crippen LogP contribution in [0.3, 0.4) is 0 Å². The van der Waals surface area contributed by atoms with Gasteiger partial charge in [-0.05, 0) is 43.0 Å². The number of aromatic nitrogens is 1. The van der Waals surface area contributed by atoms with Crippen LogP contribution in [-0.4, -0.2) is 42.0 Å². The van der Waals surface area contributed by atoms with Gasteiger partial charge in [0.2, 0.25) is 5.91 Å². The molecule has 1 amide bonds. The minimum atomic E-state index is 0.226. The highest BCUT2D eigenvalue weighted by Gasteiger charge is 2.23. The summed E-state index contributed by atoms with van der Waals surface area (Å²) in [5.74, 6) is 0.226. The lowest BCUT2D eigenvalue weighted by Gasteiger charge is -2.34. The van der Waals surface area contributed by atoms with Crippen molar-refractivity contribution in [3.8, 4) is 0 Å². The largest absolute Gasteiger partial charge is 0.345 e. The number of thiazole rings is 1. The maximum atomic E-state index is 12.8. The standard InChI is InChI=1S/C23H27N3OS/c1-4-18-6-5-7-20-22(18)24-23(28-20)26-12-10-25(11-13-26)21(27)15-19-9-8-16(2)14-17(19)3/h5-9,14H,4,10-13,15H2,1-3H3. The average molecular weight is 394 g/mol. The Hall–Kier alpha value is -2.40. The Labute approximate surface area is 170 Å². The number of aryl methyl sites for hydroxylation is 3. The van der Waals surface area contributed by atoms with E-state index in [0.717, 1.165) is 48.8 Å². The molecule has 1 saturated heterocycles. The Kier molecular flexibility index (Phi) is 5.36. The SMILES string of the molecule is CCc1cccc2sc(N3CCN(C(=O)Cc4ccc(C)cc4C)CC3)nc12. The molecule has 1 aliphatic heterocycles. The van der Waals surface area contributed by atoms with Gasteiger partial charge in [0.25, 0.3) is 0 Å². The van der Waals surface area contributed by atoms with E-state index < -0.39 is 0 Å². The second-order valence-electron chi connectivity index (χ2n) is 7.59. The summed E-state index contributed by atoms with van der Waals surface area (Å²) >= 11 is 1.76. The van der Waals surface area contributed by atoms with E-state index in [1.54, 1.807) is 11.3 Å². The van der Waals surface area contributed by atoms with Crippen LogP contribution in [-0.2, 0) is 17.6 Å². The van der Waals surface area contributed by atoms with Crippen molar-refractivity contribution in [1.29, 1.82) is 0 Å². The van der Waals surface area contributed by atoms with Crippen LogP contribution < -0.4 is 4.90 Å². The molecule has 2 heterocycles. The van der Waals surface area contributed by atoms with E-state index in [0.29, 0.717) is 6.42 Å². The van der Waals surface area contributed by atoms with Crippen molar-refractivity contribution in [1.82, 2.24) is 9.88 Å². The first-order valence-electron chi connectivity index (χ1n) is 10.0. The number of carbonyl (C=O) groups excluding carboxylic acids is 1. The molecule has 28 heavy (non-hydrogen) atoms. The smallest absolute Gasteiger partial charge is 0.227 e. The third-order valence-corrected chi connectivity index (χ3v) is 6.70. The van der Waals surface area contributed by atoms with E-state index in [-0.39, 0.29) is 5.91 Å². The third-order valence-electron chi connectivity index (χ3n) is 5.61. The minimum absolute atomic E-state index is 0.226. The zero-order chi connectivity index (χ0) is 19.7. The van der Waals surface area contributed by atoms with E-state index in [4.69, 9.17) is 4.98 Å². The van der Waals surface area contributed by atoms with Gasteiger partial charge in [-0.2, -0.15) is 0 Å². The maximum absolute atomic E-state index is 12.8. The van der Waals surface area contributed by atoms with Crippen molar-refractivity contribution in [2.75, 3.05) is 31.1 Å². The summed E-state index contributed by atoms with van der Waals surface area (Å²) in [6.45, 7) is 9.57. The molecular formula is C23H27N3OS. The minimum Gasteiger partial charge on any atom is -0.345 e. The van der Waals surface area contributed by atoms with Gasteiger partial charge in [-0.3, -0.25) is 4.79 Å². The summed E-state index contributed by atoms with van der Waals surface area (Å²) in [4.78, 5) is 22.0. The number of piperazine rings is 1. The van der Waals surface area contributed by atoms with Crippen LogP contribution in [0.5, 0.6) is 0 Å². The Morgan fingerprint density at radius 1 is 1.07 bits per heavy atom. The van der Waals surface area contributed by atoms with Crippen LogP contribution in [0.25, 0.3) is 10.2 Å². The van der Waals surface area contributed by atoms with Gasteiger partial charge in [0.05, 0.1) is 16.6 Å². The number of nitrogens with zero attached hydrogens (tertiary/aromatic N) is 3. The van der Waals surface area contributed by atoms with Gasteiger partial charge in [-0.1, -0.05) is 54.2 Å². The van der Waals surface area contributed by atoms with Crippen LogP contribution in [0.1, 0.15) is 29.2 Å². The van der Waals surface area contributed by atoms with E-state index >= 15 is 0 Å². The maximum Gasteiger partial charge on any atom is 0.227 e. The van der Waals surface area contributed by atoms with Gasteiger partial charge in [0, 0.05) is 26.2 Å². The number of amides is 1. The molecule has 3 aromatic rings. The molecule has 4 rings (SSSR count). The van der Waals surface area contributed by atoms with Crippen LogP contribution >= 0.6 is 11.3 Å². The normalized spacial score (nSPS) is 14.7. The molecule has 1 aliphatic rings. The molecule has 4 nitrogen and oxygen atoms in total. The first kappa shape index (κ1) is 18.9. The highest BCUT2D eigenvalue weighted by Crippen LogP contribution is 2.31. The lowest BCUT2D eigenvalue weighted by atomic mass is 10.0. The molecule has 0 spiro atoms. The molecule has 146 valence electrons. The van der Waals surface area contributed by atoms with Gasteiger partial charge in [-0.25, -0.2) is 4.98 Å². The molecule has 1 aromatic heterocycles. The molecular weight excluding hydrogens is 366 g/mol. The van der Waals surface area contributed by atoms with Gasteiger partial charge < -0.3 is 9.80 Å². The number of carbonyl (C=O) groups is 1. The lowest BCUT2D eigenvalue weighted by Crippen LogP contribution is -2.49. The molecule has 0 N–H and O–H groups in total.